The van der Waals surface area contributed by atoms with Crippen molar-refractivity contribution < 1.29 is 173 Å². The number of ether oxygens (including phenoxy) is 14. The summed E-state index contributed by atoms with van der Waals surface area (Å²) in [5.41, 5.74) is 14.1. The van der Waals surface area contributed by atoms with E-state index in [4.69, 9.17) is 82.6 Å². The molecule has 0 aromatic heterocycles. The third kappa shape index (κ3) is 15.5. The lowest BCUT2D eigenvalue weighted by Crippen LogP contribution is -2.68. The summed E-state index contributed by atoms with van der Waals surface area (Å²) in [7, 11) is 0. The number of nitrogens with one attached hydrogen (secondary N) is 1. The van der Waals surface area contributed by atoms with Gasteiger partial charge in [0.15, 0.2) is 44.0 Å². The molecule has 21 saturated heterocycles. The Morgan fingerprint density at radius 1 is 0.276 bits per heavy atom. The lowest BCUT2D eigenvalue weighted by molar-refractivity contribution is -0.397. The maximum atomic E-state index is 11.8. The Balaban J connectivity index is 1.08. The van der Waals surface area contributed by atoms with Gasteiger partial charge in [-0.25, -0.2) is 5.48 Å². The van der Waals surface area contributed by atoms with Crippen LogP contribution in [0.1, 0.15) is 0 Å². The van der Waals surface area contributed by atoms with E-state index in [1.807, 2.05) is 4.90 Å². The van der Waals surface area contributed by atoms with Crippen molar-refractivity contribution in [1.29, 1.82) is 0 Å². The Kier molecular flexibility index (Phi) is 26.3. The normalized spacial score (nSPS) is 50.4. The molecule has 0 amide bonds. The van der Waals surface area contributed by atoms with Crippen molar-refractivity contribution in [3.8, 4) is 0 Å². The van der Waals surface area contributed by atoms with Crippen LogP contribution in [0.5, 0.6) is 0 Å². The fourth-order valence-corrected chi connectivity index (χ4v) is 11.5. The first kappa shape index (κ1) is 71.3. The molecule has 0 aromatic carbocycles. The van der Waals surface area contributed by atoms with E-state index in [1.165, 1.54) is 0 Å². The second-order valence-electron chi connectivity index (χ2n) is 22.1. The predicted octanol–water partition coefficient (Wildman–Crippen LogP) is -16.5. The maximum Gasteiger partial charge on any atom is 0.187 e. The van der Waals surface area contributed by atoms with Gasteiger partial charge in [0.1, 0.15) is 171 Å². The number of rotatable bonds is 16. The molecule has 21 rings (SSSR count). The van der Waals surface area contributed by atoms with Crippen molar-refractivity contribution in [3.63, 3.8) is 0 Å². The number of aliphatic hydroxyl groups is 20. The second-order valence-corrected chi connectivity index (χ2v) is 22.1. The van der Waals surface area contributed by atoms with Crippen molar-refractivity contribution in [3.05, 3.63) is 0 Å². The Hall–Kier alpha value is -1.56. The van der Waals surface area contributed by atoms with Crippen LogP contribution < -0.4 is 16.9 Å². The zero-order chi connectivity index (χ0) is 63.3. The maximum absolute atomic E-state index is 11.8. The molecular formula is C48H86N4O35. The topological polar surface area (TPSA) is 610 Å². The quantitative estimate of drug-likeness (QED) is 0.0504. The fraction of sp³-hybridized carbons (Fsp3) is 1.00. The first-order valence-corrected chi connectivity index (χ1v) is 28.4. The average Bonchev–Trinajstić information content (AvgIpc) is 1.05. The molecule has 25 N–H and O–H groups in total. The number of aliphatic hydroxyl groups excluding tert-OH is 20. The summed E-state index contributed by atoms with van der Waals surface area (Å²) in [6.07, 6.45) is -70.3. The highest BCUT2D eigenvalue weighted by molar-refractivity contribution is 5.02. The summed E-state index contributed by atoms with van der Waals surface area (Å²) in [4.78, 5) is 7.58. The van der Waals surface area contributed by atoms with E-state index in [-0.39, 0.29) is 6.54 Å². The Bertz CT molecular complexity index is 2030. The molecule has 39 heteroatoms. The molecular weight excluding hydrogens is 1190 g/mol. The molecule has 508 valence electrons. The molecule has 0 aromatic rings. The lowest BCUT2D eigenvalue weighted by Gasteiger charge is -2.50. The first-order chi connectivity index (χ1) is 41.6. The molecule has 21 heterocycles. The molecule has 0 saturated carbocycles. The predicted molar refractivity (Wildman–Crippen MR) is 270 cm³/mol. The molecule has 0 aliphatic carbocycles. The van der Waals surface area contributed by atoms with E-state index < -0.39 is 261 Å². The fourth-order valence-electron chi connectivity index (χ4n) is 11.5. The van der Waals surface area contributed by atoms with Crippen LogP contribution in [-0.2, 0) is 71.2 Å². The smallest absolute Gasteiger partial charge is 0.187 e. The average molecular weight is 1280 g/mol. The first-order valence-electron chi connectivity index (χ1n) is 28.4. The monoisotopic (exact) mass is 1280 g/mol. The van der Waals surface area contributed by atoms with Gasteiger partial charge in [-0.3, -0.25) is 9.74 Å². The molecule has 39 nitrogen and oxygen atoms in total. The molecule has 87 heavy (non-hydrogen) atoms. The van der Waals surface area contributed by atoms with Gasteiger partial charge in [0.25, 0.3) is 0 Å². The van der Waals surface area contributed by atoms with Crippen LogP contribution in [0.2, 0.25) is 0 Å². The van der Waals surface area contributed by atoms with Gasteiger partial charge < -0.3 is 180 Å². The van der Waals surface area contributed by atoms with E-state index in [1.54, 1.807) is 0 Å². The second kappa shape index (κ2) is 32.0. The van der Waals surface area contributed by atoms with Crippen LogP contribution in [0.15, 0.2) is 0 Å². The molecule has 0 spiro atoms. The van der Waals surface area contributed by atoms with Gasteiger partial charge in [-0.1, -0.05) is 0 Å². The van der Waals surface area contributed by atoms with E-state index in [0.717, 1.165) is 0 Å². The number of nitrogens with two attached hydrogens (primary N) is 2. The summed E-state index contributed by atoms with van der Waals surface area (Å²) in [6.45, 7) is -4.84. The highest BCUT2D eigenvalue weighted by Crippen LogP contribution is 2.39. The van der Waals surface area contributed by atoms with Gasteiger partial charge in [-0.15, -0.1) is 0 Å². The van der Waals surface area contributed by atoms with Crippen LogP contribution in [-0.4, -0.2) is 407 Å². The van der Waals surface area contributed by atoms with E-state index >= 15 is 0 Å². The van der Waals surface area contributed by atoms with Crippen LogP contribution in [0.4, 0.5) is 0 Å². The number of hydrogen-bond donors (Lipinski definition) is 23. The van der Waals surface area contributed by atoms with Crippen molar-refractivity contribution in [2.45, 2.75) is 215 Å². The van der Waals surface area contributed by atoms with Crippen molar-refractivity contribution in [2.75, 3.05) is 85.5 Å². The van der Waals surface area contributed by atoms with Crippen molar-refractivity contribution in [1.82, 2.24) is 10.4 Å². The molecule has 21 aliphatic rings. The van der Waals surface area contributed by atoms with Crippen molar-refractivity contribution in [2.24, 2.45) is 11.5 Å². The van der Waals surface area contributed by atoms with Gasteiger partial charge in [0.2, 0.25) is 0 Å². The largest absolute Gasteiger partial charge is 0.394 e. The summed E-state index contributed by atoms with van der Waals surface area (Å²) in [5.74, 6) is 0. The van der Waals surface area contributed by atoms with Gasteiger partial charge in [-0.05, 0) is 0 Å². The van der Waals surface area contributed by atoms with Crippen molar-refractivity contribution >= 4 is 0 Å². The third-order valence-electron chi connectivity index (χ3n) is 16.4. The number of nitrogens with zero attached hydrogens (tertiary/aromatic N) is 1. The third-order valence-corrected chi connectivity index (χ3v) is 16.4. The standard InChI is InChI=1S/C48H86N4O35/c49-1-4-52(5-2-50)6-3-51-73-13-20-41-27(65)34(72)48(80-20)86-40-19(12-58)78-46(32(70)25(40)63)84-38-17(10-56)76-44(30(68)23(38)61)82-36-15(8-54)74-42(28(66)21(36)59)81-35-14(7-53)75-43(29(67)22(35)60)83-37-16(9-55)77-45(31(69)24(37)62)85-39-18(11-57)79-47(87-41)33(71)26(39)64/h14-48,51,53-72H,1-13,49-50H2/t14-,15-,16-,17-,18-,19-,20-,21-,22-,23-,24-,25+,26-,27-,28-,29-,30+,31-,32-,33-,34-,35-,36-,37-,38-,39-,40-,41-,42-,43-,44-,45-,46-,47-,48-/m1/s1. The molecule has 14 bridgehead atoms. The minimum atomic E-state index is -2.22. The van der Waals surface area contributed by atoms with Crippen LogP contribution in [0.3, 0.4) is 0 Å². The molecule has 0 unspecified atom stereocenters. The summed E-state index contributed by atoms with van der Waals surface area (Å²) < 4.78 is 81.1. The summed E-state index contributed by atoms with van der Waals surface area (Å²) in [5, 5.41) is 223. The SMILES string of the molecule is NCCN(CCN)CCNOC[C@H]1O[C@@H]2O[C@H]3[C@@H](O)[C@@H](O)[C@@H](O[C@H]4[C@H](O)[C@H](O)[C@@H](O[C@H]5[C@H](O)[C@@H](O)[C@@H](O[C@H]6[C@H](O)[C@@H](O)[C@@H](O[C@H]7[C@H](O)[C@@H](O)[C@@H](O[C@H]8[C@H](O)[C@@H](O)[C@@H](O[C@H]1[C@H](O)[C@H]2O)O[C@@H]8CO)O[C@@H]7CO)O[C@@H]6CO)O[C@@H]5CO)O[C@@H]4CO)O[C@@H]3CO. The summed E-state index contributed by atoms with van der Waals surface area (Å²) >= 11 is 0. The molecule has 21 fully saturated rings. The molecule has 35 atom stereocenters. The minimum absolute atomic E-state index is 0.143. The number of hydrogen-bond acceptors (Lipinski definition) is 39. The van der Waals surface area contributed by atoms with Gasteiger partial charge in [0, 0.05) is 39.3 Å². The zero-order valence-corrected chi connectivity index (χ0v) is 46.6. The summed E-state index contributed by atoms with van der Waals surface area (Å²) in [6, 6.07) is 0. The van der Waals surface area contributed by atoms with Gasteiger partial charge in [0.05, 0.1) is 46.2 Å². The molecule has 0 radical (unpaired) electrons. The minimum Gasteiger partial charge on any atom is -0.394 e. The van der Waals surface area contributed by atoms with Gasteiger partial charge in [-0.2, -0.15) is 0 Å². The Morgan fingerprint density at radius 2 is 0.471 bits per heavy atom. The van der Waals surface area contributed by atoms with E-state index in [0.29, 0.717) is 32.7 Å². The van der Waals surface area contributed by atoms with Crippen LogP contribution in [0, 0.1) is 0 Å². The van der Waals surface area contributed by atoms with Crippen LogP contribution in [0.25, 0.3) is 0 Å². The van der Waals surface area contributed by atoms with E-state index in [9.17, 15) is 102 Å². The highest BCUT2D eigenvalue weighted by Gasteiger charge is 2.59. The zero-order valence-electron chi connectivity index (χ0n) is 46.6. The van der Waals surface area contributed by atoms with Crippen LogP contribution >= 0.6 is 0 Å². The number of hydroxylamine groups is 1. The Morgan fingerprint density at radius 3 is 0.667 bits per heavy atom. The molecule has 21 aliphatic heterocycles. The highest BCUT2D eigenvalue weighted by atomic mass is 16.8. The lowest BCUT2D eigenvalue weighted by atomic mass is 9.95. The van der Waals surface area contributed by atoms with E-state index in [2.05, 4.69) is 5.48 Å². The van der Waals surface area contributed by atoms with Gasteiger partial charge >= 0.3 is 0 Å². The Labute approximate surface area is 494 Å².